The van der Waals surface area contributed by atoms with Crippen LogP contribution in [0.3, 0.4) is 0 Å². The maximum absolute atomic E-state index is 12.8. The van der Waals surface area contributed by atoms with Crippen LogP contribution in [0.15, 0.2) is 60.7 Å². The number of halogens is 1. The van der Waals surface area contributed by atoms with Gasteiger partial charge in [-0.15, -0.1) is 0 Å². The molecule has 0 aliphatic heterocycles. The third kappa shape index (κ3) is 5.30. The number of carbonyl (C=O) groups excluding carboxylic acids is 1. The Kier molecular flexibility index (Phi) is 6.59. The molecule has 0 radical (unpaired) electrons. The molecule has 0 unspecified atom stereocenters. The lowest BCUT2D eigenvalue weighted by atomic mass is 10.1. The van der Waals surface area contributed by atoms with E-state index in [0.717, 1.165) is 16.7 Å². The summed E-state index contributed by atoms with van der Waals surface area (Å²) in [6, 6.07) is 17.9. The van der Waals surface area contributed by atoms with Crippen LogP contribution in [0, 0.1) is 13.8 Å². The highest BCUT2D eigenvalue weighted by molar-refractivity contribution is 6.34. The van der Waals surface area contributed by atoms with Crippen molar-refractivity contribution < 1.29 is 19.4 Å². The first-order valence-electron chi connectivity index (χ1n) is 9.22. The van der Waals surface area contributed by atoms with E-state index in [1.165, 1.54) is 18.2 Å². The predicted octanol–water partition coefficient (Wildman–Crippen LogP) is 5.88. The standard InChI is InChI=1S/C23H21ClN2O4/c1-14-10-18(30-13-16-6-4-3-5-7-16)11-15(2)21(14)26-22(27)19-12-17(25-23(28)29)8-9-20(19)24/h3-12,25H,13H2,1-2H3,(H,26,27)(H,28,29). The van der Waals surface area contributed by atoms with Gasteiger partial charge in [0.2, 0.25) is 0 Å². The van der Waals surface area contributed by atoms with Crippen LogP contribution in [0.1, 0.15) is 27.0 Å². The monoisotopic (exact) mass is 424 g/mol. The second kappa shape index (κ2) is 9.33. The van der Waals surface area contributed by atoms with Crippen molar-refractivity contribution in [1.29, 1.82) is 0 Å². The molecule has 0 aromatic heterocycles. The molecule has 3 aromatic rings. The number of carbonyl (C=O) groups is 2. The molecule has 154 valence electrons. The number of hydrogen-bond donors (Lipinski definition) is 3. The van der Waals surface area contributed by atoms with Crippen LogP contribution in [0.2, 0.25) is 5.02 Å². The van der Waals surface area contributed by atoms with Gasteiger partial charge in [0.1, 0.15) is 12.4 Å². The average molecular weight is 425 g/mol. The van der Waals surface area contributed by atoms with Crippen LogP contribution in [-0.4, -0.2) is 17.1 Å². The molecule has 0 spiro atoms. The Bertz CT molecular complexity index is 1060. The van der Waals surface area contributed by atoms with Crippen molar-refractivity contribution in [3.8, 4) is 5.75 Å². The number of carboxylic acid groups (broad SMARTS) is 1. The van der Waals surface area contributed by atoms with E-state index < -0.39 is 12.0 Å². The smallest absolute Gasteiger partial charge is 0.409 e. The Morgan fingerprint density at radius 1 is 0.967 bits per heavy atom. The first kappa shape index (κ1) is 21.2. The lowest BCUT2D eigenvalue weighted by Gasteiger charge is -2.15. The van der Waals surface area contributed by atoms with Gasteiger partial charge in [0, 0.05) is 11.4 Å². The molecule has 3 rings (SSSR count). The number of aryl methyl sites for hydroxylation is 2. The van der Waals surface area contributed by atoms with Gasteiger partial charge in [-0.3, -0.25) is 10.1 Å². The van der Waals surface area contributed by atoms with Crippen molar-refractivity contribution in [3.05, 3.63) is 87.9 Å². The van der Waals surface area contributed by atoms with Gasteiger partial charge in [-0.1, -0.05) is 41.9 Å². The topological polar surface area (TPSA) is 87.7 Å². The van der Waals surface area contributed by atoms with E-state index in [1.54, 1.807) is 0 Å². The predicted molar refractivity (Wildman–Crippen MR) is 118 cm³/mol. The molecule has 7 heteroatoms. The highest BCUT2D eigenvalue weighted by atomic mass is 35.5. The molecule has 0 saturated heterocycles. The van der Waals surface area contributed by atoms with Gasteiger partial charge >= 0.3 is 6.09 Å². The van der Waals surface area contributed by atoms with Crippen molar-refractivity contribution in [1.82, 2.24) is 0 Å². The molecule has 2 amide bonds. The molecule has 3 N–H and O–H groups in total. The first-order valence-corrected chi connectivity index (χ1v) is 9.60. The molecule has 0 aliphatic rings. The van der Waals surface area contributed by atoms with Crippen molar-refractivity contribution in [3.63, 3.8) is 0 Å². The Labute approximate surface area is 179 Å². The Hall–Kier alpha value is -3.51. The minimum Gasteiger partial charge on any atom is -0.489 e. The molecule has 0 atom stereocenters. The van der Waals surface area contributed by atoms with Crippen LogP contribution in [0.25, 0.3) is 0 Å². The lowest BCUT2D eigenvalue weighted by molar-refractivity contribution is 0.102. The van der Waals surface area contributed by atoms with Crippen LogP contribution < -0.4 is 15.4 Å². The fourth-order valence-corrected chi connectivity index (χ4v) is 3.23. The molecular weight excluding hydrogens is 404 g/mol. The zero-order valence-corrected chi connectivity index (χ0v) is 17.3. The number of benzene rings is 3. The zero-order chi connectivity index (χ0) is 21.7. The summed E-state index contributed by atoms with van der Waals surface area (Å²) < 4.78 is 5.87. The molecular formula is C23H21ClN2O4. The minimum atomic E-state index is -1.22. The van der Waals surface area contributed by atoms with Crippen LogP contribution in [-0.2, 0) is 6.61 Å². The molecule has 6 nitrogen and oxygen atoms in total. The summed E-state index contributed by atoms with van der Waals surface area (Å²) in [5.74, 6) is 0.274. The summed E-state index contributed by atoms with van der Waals surface area (Å²) in [5.41, 5.74) is 3.82. The van der Waals surface area contributed by atoms with Crippen LogP contribution >= 0.6 is 11.6 Å². The fraction of sp³-hybridized carbons (Fsp3) is 0.130. The van der Waals surface area contributed by atoms with Gasteiger partial charge in [-0.2, -0.15) is 0 Å². The van der Waals surface area contributed by atoms with E-state index in [9.17, 15) is 9.59 Å². The normalized spacial score (nSPS) is 10.4. The third-order valence-electron chi connectivity index (χ3n) is 4.46. The van der Waals surface area contributed by atoms with Gasteiger partial charge in [-0.05, 0) is 60.9 Å². The molecule has 0 fully saturated rings. The van der Waals surface area contributed by atoms with E-state index in [-0.39, 0.29) is 16.3 Å². The van der Waals surface area contributed by atoms with Crippen LogP contribution in [0.4, 0.5) is 16.2 Å². The molecule has 30 heavy (non-hydrogen) atoms. The number of nitrogens with one attached hydrogen (secondary N) is 2. The van der Waals surface area contributed by atoms with Gasteiger partial charge in [0.15, 0.2) is 0 Å². The van der Waals surface area contributed by atoms with Crippen molar-refractivity contribution in [2.75, 3.05) is 10.6 Å². The SMILES string of the molecule is Cc1cc(OCc2ccccc2)cc(C)c1NC(=O)c1cc(NC(=O)O)ccc1Cl. The number of anilines is 2. The minimum absolute atomic E-state index is 0.172. The molecule has 0 aliphatic carbocycles. The highest BCUT2D eigenvalue weighted by Crippen LogP contribution is 2.29. The van der Waals surface area contributed by atoms with Gasteiger partial charge in [-0.25, -0.2) is 4.79 Å². The van der Waals surface area contributed by atoms with Crippen molar-refractivity contribution in [2.45, 2.75) is 20.5 Å². The molecule has 0 heterocycles. The fourth-order valence-electron chi connectivity index (χ4n) is 3.03. The lowest BCUT2D eigenvalue weighted by Crippen LogP contribution is -2.15. The Morgan fingerprint density at radius 2 is 1.63 bits per heavy atom. The summed E-state index contributed by atoms with van der Waals surface area (Å²) in [7, 11) is 0. The molecule has 0 saturated carbocycles. The first-order chi connectivity index (χ1) is 14.3. The third-order valence-corrected chi connectivity index (χ3v) is 4.78. The quantitative estimate of drug-likeness (QED) is 0.461. The molecule has 3 aromatic carbocycles. The number of hydrogen-bond acceptors (Lipinski definition) is 3. The summed E-state index contributed by atoms with van der Waals surface area (Å²) in [6.45, 7) is 4.20. The summed E-state index contributed by atoms with van der Waals surface area (Å²) >= 11 is 6.14. The zero-order valence-electron chi connectivity index (χ0n) is 16.5. The second-order valence-electron chi connectivity index (χ2n) is 6.79. The van der Waals surface area contributed by atoms with E-state index in [0.29, 0.717) is 18.0 Å². The maximum atomic E-state index is 12.8. The van der Waals surface area contributed by atoms with E-state index in [1.807, 2.05) is 56.3 Å². The van der Waals surface area contributed by atoms with Crippen molar-refractivity contribution >= 4 is 35.0 Å². The Morgan fingerprint density at radius 3 is 2.27 bits per heavy atom. The number of amides is 2. The van der Waals surface area contributed by atoms with Gasteiger partial charge in [0.25, 0.3) is 5.91 Å². The summed E-state index contributed by atoms with van der Waals surface area (Å²) in [6.07, 6.45) is -1.22. The van der Waals surface area contributed by atoms with E-state index in [4.69, 9.17) is 21.4 Å². The Balaban J connectivity index is 1.76. The van der Waals surface area contributed by atoms with Gasteiger partial charge < -0.3 is 15.2 Å². The van der Waals surface area contributed by atoms with Crippen molar-refractivity contribution in [2.24, 2.45) is 0 Å². The average Bonchev–Trinajstić information content (AvgIpc) is 2.71. The summed E-state index contributed by atoms with van der Waals surface area (Å²) in [5, 5.41) is 14.2. The van der Waals surface area contributed by atoms with E-state index in [2.05, 4.69) is 10.6 Å². The second-order valence-corrected chi connectivity index (χ2v) is 7.19. The number of ether oxygens (including phenoxy) is 1. The highest BCUT2D eigenvalue weighted by Gasteiger charge is 2.15. The number of rotatable bonds is 6. The van der Waals surface area contributed by atoms with Gasteiger partial charge in [0.05, 0.1) is 10.6 Å². The summed E-state index contributed by atoms with van der Waals surface area (Å²) in [4.78, 5) is 23.6. The van der Waals surface area contributed by atoms with Crippen LogP contribution in [0.5, 0.6) is 5.75 Å². The van der Waals surface area contributed by atoms with E-state index >= 15 is 0 Å². The molecule has 0 bridgehead atoms. The largest absolute Gasteiger partial charge is 0.489 e. The maximum Gasteiger partial charge on any atom is 0.409 e.